The summed E-state index contributed by atoms with van der Waals surface area (Å²) in [4.78, 5) is 2.51. The highest BCUT2D eigenvalue weighted by atomic mass is 15.1. The maximum Gasteiger partial charge on any atom is 0.0714 e. The summed E-state index contributed by atoms with van der Waals surface area (Å²) in [5.74, 6) is 0. The molecule has 12 rings (SSSR count). The Morgan fingerprint density at radius 2 is 0.632 bits per heavy atom. The second-order valence-corrected chi connectivity index (χ2v) is 17.5. The van der Waals surface area contributed by atoms with E-state index in [1.165, 1.54) is 83.5 Å². The number of rotatable bonds is 10. The van der Waals surface area contributed by atoms with Gasteiger partial charge in [0.15, 0.2) is 0 Å². The summed E-state index contributed by atoms with van der Waals surface area (Å²) < 4.78 is 0. The molecule has 11 aromatic rings. The van der Waals surface area contributed by atoms with Crippen LogP contribution in [-0.2, 0) is 5.41 Å². The molecule has 0 atom stereocenters. The van der Waals surface area contributed by atoms with Crippen molar-refractivity contribution >= 4 is 17.1 Å². The first-order valence-electron chi connectivity index (χ1n) is 23.5. The SMILES string of the molecule is c1ccc(-c2cccc(-c3ccc(N(c4ccccc4-c4ccccc4-c4ccccc4-c4ccccc4)c4cccc5c4-c4ccccc4C5(c4ccccc4)c4ccccc4)cc3)c2)cc1. The maximum atomic E-state index is 2.51. The second kappa shape index (κ2) is 17.5. The van der Waals surface area contributed by atoms with Crippen LogP contribution >= 0.6 is 0 Å². The van der Waals surface area contributed by atoms with Gasteiger partial charge in [0.25, 0.3) is 0 Å². The first-order chi connectivity index (χ1) is 33.8. The van der Waals surface area contributed by atoms with E-state index >= 15 is 0 Å². The lowest BCUT2D eigenvalue weighted by Crippen LogP contribution is -2.28. The predicted octanol–water partition coefficient (Wildman–Crippen LogP) is 17.9. The molecule has 68 heavy (non-hydrogen) atoms. The highest BCUT2D eigenvalue weighted by Crippen LogP contribution is 2.60. The van der Waals surface area contributed by atoms with Crippen LogP contribution in [-0.4, -0.2) is 0 Å². The highest BCUT2D eigenvalue weighted by Gasteiger charge is 2.47. The van der Waals surface area contributed by atoms with Gasteiger partial charge in [0, 0.05) is 16.8 Å². The zero-order valence-corrected chi connectivity index (χ0v) is 37.6. The van der Waals surface area contributed by atoms with E-state index in [1.54, 1.807) is 0 Å². The number of hydrogen-bond donors (Lipinski definition) is 0. The molecular weight excluding hydrogens is 819 g/mol. The molecule has 0 aliphatic heterocycles. The zero-order chi connectivity index (χ0) is 45.3. The maximum absolute atomic E-state index is 2.51. The van der Waals surface area contributed by atoms with Crippen molar-refractivity contribution in [2.45, 2.75) is 5.41 Å². The molecule has 0 bridgehead atoms. The number of hydrogen-bond acceptors (Lipinski definition) is 1. The molecule has 0 N–H and O–H groups in total. The molecule has 1 nitrogen and oxygen atoms in total. The summed E-state index contributed by atoms with van der Waals surface area (Å²) in [6.45, 7) is 0. The molecule has 0 saturated heterocycles. The standard InChI is InChI=1S/C67H47N/c1-5-23-48(24-6-1)51-27-21-28-52(47-51)49-43-45-55(46-44-49)68(64-41-20-18-37-60(64)59-36-16-15-35-58(59)57-34-14-13-33-56(57)50-25-7-2-8-26-50)65-42-22-40-63-66(65)61-38-17-19-39-62(61)67(63,53-29-9-3-10-30-53)54-31-11-4-12-32-54/h1-47H. The number of anilines is 3. The predicted molar refractivity (Wildman–Crippen MR) is 286 cm³/mol. The van der Waals surface area contributed by atoms with Crippen molar-refractivity contribution in [1.82, 2.24) is 0 Å². The largest absolute Gasteiger partial charge is 0.309 e. The fourth-order valence-electron chi connectivity index (χ4n) is 10.8. The van der Waals surface area contributed by atoms with Crippen molar-refractivity contribution in [1.29, 1.82) is 0 Å². The first-order valence-corrected chi connectivity index (χ1v) is 23.5. The summed E-state index contributed by atoms with van der Waals surface area (Å²) in [6.07, 6.45) is 0. The van der Waals surface area contributed by atoms with E-state index in [0.29, 0.717) is 0 Å². The van der Waals surface area contributed by atoms with Crippen molar-refractivity contribution in [3.05, 3.63) is 307 Å². The van der Waals surface area contributed by atoms with Crippen LogP contribution in [0.4, 0.5) is 17.1 Å². The normalized spacial score (nSPS) is 12.2. The van der Waals surface area contributed by atoms with E-state index in [0.717, 1.165) is 22.6 Å². The van der Waals surface area contributed by atoms with Gasteiger partial charge < -0.3 is 4.90 Å². The third-order valence-corrected chi connectivity index (χ3v) is 13.8. The van der Waals surface area contributed by atoms with Gasteiger partial charge in [-0.15, -0.1) is 0 Å². The van der Waals surface area contributed by atoms with Gasteiger partial charge in [0.1, 0.15) is 0 Å². The minimum Gasteiger partial charge on any atom is -0.309 e. The van der Waals surface area contributed by atoms with Crippen LogP contribution in [0.3, 0.4) is 0 Å². The van der Waals surface area contributed by atoms with Crippen LogP contribution < -0.4 is 4.90 Å². The Kier molecular flexibility index (Phi) is 10.5. The monoisotopic (exact) mass is 865 g/mol. The first kappa shape index (κ1) is 40.7. The van der Waals surface area contributed by atoms with Gasteiger partial charge in [-0.05, 0) is 108 Å². The van der Waals surface area contributed by atoms with Gasteiger partial charge in [-0.1, -0.05) is 255 Å². The Morgan fingerprint density at radius 3 is 1.25 bits per heavy atom. The molecule has 0 amide bonds. The molecule has 320 valence electrons. The summed E-state index contributed by atoms with van der Waals surface area (Å²) in [5, 5.41) is 0. The Bertz CT molecular complexity index is 3500. The molecule has 1 aliphatic carbocycles. The van der Waals surface area contributed by atoms with E-state index in [4.69, 9.17) is 0 Å². The fraction of sp³-hybridized carbons (Fsp3) is 0.0149. The van der Waals surface area contributed by atoms with E-state index in [1.807, 2.05) is 0 Å². The molecule has 0 unspecified atom stereocenters. The van der Waals surface area contributed by atoms with E-state index in [9.17, 15) is 0 Å². The summed E-state index contributed by atoms with van der Waals surface area (Å²) in [7, 11) is 0. The fourth-order valence-corrected chi connectivity index (χ4v) is 10.8. The van der Waals surface area contributed by atoms with Gasteiger partial charge in [0.05, 0.1) is 16.8 Å². The lowest BCUT2D eigenvalue weighted by atomic mass is 9.68. The minimum atomic E-state index is -0.545. The molecule has 0 heterocycles. The van der Waals surface area contributed by atoms with Crippen LogP contribution in [0.2, 0.25) is 0 Å². The topological polar surface area (TPSA) is 3.24 Å². The van der Waals surface area contributed by atoms with Crippen LogP contribution in [0.5, 0.6) is 0 Å². The van der Waals surface area contributed by atoms with Crippen molar-refractivity contribution < 1.29 is 0 Å². The van der Waals surface area contributed by atoms with Gasteiger partial charge in [-0.2, -0.15) is 0 Å². The summed E-state index contributed by atoms with van der Waals surface area (Å²) in [6, 6.07) is 104. The lowest BCUT2D eigenvalue weighted by Gasteiger charge is -2.34. The Balaban J connectivity index is 1.10. The average molecular weight is 866 g/mol. The molecule has 0 radical (unpaired) electrons. The lowest BCUT2D eigenvalue weighted by molar-refractivity contribution is 0.768. The van der Waals surface area contributed by atoms with Crippen LogP contribution in [0.25, 0.3) is 66.8 Å². The third-order valence-electron chi connectivity index (χ3n) is 13.8. The van der Waals surface area contributed by atoms with Crippen LogP contribution in [0, 0.1) is 0 Å². The molecule has 0 aromatic heterocycles. The number of nitrogens with zero attached hydrogens (tertiary/aromatic N) is 1. The second-order valence-electron chi connectivity index (χ2n) is 17.5. The van der Waals surface area contributed by atoms with Crippen molar-refractivity contribution in [2.24, 2.45) is 0 Å². The highest BCUT2D eigenvalue weighted by molar-refractivity contribution is 6.02. The van der Waals surface area contributed by atoms with Crippen LogP contribution in [0.1, 0.15) is 22.3 Å². The van der Waals surface area contributed by atoms with Crippen molar-refractivity contribution in [3.8, 4) is 66.8 Å². The molecule has 0 spiro atoms. The zero-order valence-electron chi connectivity index (χ0n) is 37.6. The van der Waals surface area contributed by atoms with Gasteiger partial charge in [-0.25, -0.2) is 0 Å². The quantitative estimate of drug-likeness (QED) is 0.132. The van der Waals surface area contributed by atoms with Gasteiger partial charge in [0.2, 0.25) is 0 Å². The molecule has 0 fully saturated rings. The summed E-state index contributed by atoms with van der Waals surface area (Å²) >= 11 is 0. The molecular formula is C67H47N. The number of para-hydroxylation sites is 1. The third kappa shape index (κ3) is 6.96. The summed E-state index contributed by atoms with van der Waals surface area (Å²) in [5.41, 5.74) is 22.1. The molecule has 11 aromatic carbocycles. The molecule has 1 heteroatoms. The van der Waals surface area contributed by atoms with Crippen molar-refractivity contribution in [3.63, 3.8) is 0 Å². The van der Waals surface area contributed by atoms with Crippen LogP contribution in [0.15, 0.2) is 285 Å². The number of fused-ring (bicyclic) bond motifs is 3. The smallest absolute Gasteiger partial charge is 0.0714 e. The average Bonchev–Trinajstić information content (AvgIpc) is 3.74. The van der Waals surface area contributed by atoms with E-state index in [-0.39, 0.29) is 0 Å². The van der Waals surface area contributed by atoms with Gasteiger partial charge >= 0.3 is 0 Å². The molecule has 0 saturated carbocycles. The van der Waals surface area contributed by atoms with E-state index in [2.05, 4.69) is 290 Å². The van der Waals surface area contributed by atoms with E-state index < -0.39 is 5.41 Å². The van der Waals surface area contributed by atoms with Gasteiger partial charge in [-0.3, -0.25) is 0 Å². The Hall–Kier alpha value is -8.78. The Morgan fingerprint density at radius 1 is 0.235 bits per heavy atom. The minimum absolute atomic E-state index is 0.545. The number of benzene rings is 11. The van der Waals surface area contributed by atoms with Crippen molar-refractivity contribution in [2.75, 3.05) is 4.90 Å². The Labute approximate surface area is 399 Å². The molecule has 1 aliphatic rings.